The fourth-order valence-electron chi connectivity index (χ4n) is 2.92. The van der Waals surface area contributed by atoms with Crippen molar-refractivity contribution in [2.24, 2.45) is 5.92 Å². The van der Waals surface area contributed by atoms with Crippen LogP contribution in [0.5, 0.6) is 0 Å². The molecule has 17 heavy (non-hydrogen) atoms. The van der Waals surface area contributed by atoms with E-state index < -0.39 is 0 Å². The van der Waals surface area contributed by atoms with Gasteiger partial charge in [0, 0.05) is 13.0 Å². The van der Waals surface area contributed by atoms with E-state index in [1.165, 1.54) is 0 Å². The Bertz CT molecular complexity index is 322. The highest BCUT2D eigenvalue weighted by molar-refractivity contribution is 5.85. The van der Waals surface area contributed by atoms with Crippen LogP contribution in [-0.2, 0) is 19.0 Å². The third kappa shape index (κ3) is 1.77. The highest BCUT2D eigenvalue weighted by Crippen LogP contribution is 2.37. The molecule has 0 N–H and O–H groups in total. The lowest BCUT2D eigenvalue weighted by Crippen LogP contribution is -2.69. The van der Waals surface area contributed by atoms with Gasteiger partial charge in [-0.1, -0.05) is 0 Å². The zero-order valence-electron chi connectivity index (χ0n) is 10.3. The van der Waals surface area contributed by atoms with Crippen molar-refractivity contribution in [1.29, 1.82) is 0 Å². The topological polar surface area (TPSA) is 48.0 Å². The number of fused-ring (bicyclic) bond motifs is 2. The third-order valence-corrected chi connectivity index (χ3v) is 3.88. The number of rotatable bonds is 2. The Morgan fingerprint density at radius 3 is 2.94 bits per heavy atom. The SMILES string of the molecule is CCO[C@H]1CC[C@@H]2O[C@H]3[C@@H](C)C(=O)N3C[C@H]2O1. The van der Waals surface area contributed by atoms with E-state index in [0.29, 0.717) is 13.2 Å². The first kappa shape index (κ1) is 11.4. The number of carbonyl (C=O) groups excluding carboxylic acids is 1. The van der Waals surface area contributed by atoms with E-state index in [1.54, 1.807) is 4.90 Å². The molecule has 0 saturated carbocycles. The van der Waals surface area contributed by atoms with Gasteiger partial charge in [-0.3, -0.25) is 4.79 Å². The summed E-state index contributed by atoms with van der Waals surface area (Å²) in [6.45, 7) is 5.20. The third-order valence-electron chi connectivity index (χ3n) is 3.88. The molecule has 5 atom stereocenters. The van der Waals surface area contributed by atoms with Gasteiger partial charge < -0.3 is 19.1 Å². The van der Waals surface area contributed by atoms with Gasteiger partial charge in [0.2, 0.25) is 5.91 Å². The van der Waals surface area contributed by atoms with Gasteiger partial charge in [-0.25, -0.2) is 0 Å². The zero-order valence-corrected chi connectivity index (χ0v) is 10.3. The predicted molar refractivity (Wildman–Crippen MR) is 59.1 cm³/mol. The summed E-state index contributed by atoms with van der Waals surface area (Å²) in [7, 11) is 0. The molecule has 3 aliphatic heterocycles. The quantitative estimate of drug-likeness (QED) is 0.669. The van der Waals surface area contributed by atoms with Gasteiger partial charge >= 0.3 is 0 Å². The van der Waals surface area contributed by atoms with E-state index in [4.69, 9.17) is 14.2 Å². The van der Waals surface area contributed by atoms with E-state index in [0.717, 1.165) is 12.8 Å². The molecule has 5 nitrogen and oxygen atoms in total. The lowest BCUT2D eigenvalue weighted by Gasteiger charge is -2.54. The minimum Gasteiger partial charge on any atom is -0.353 e. The number of carbonyl (C=O) groups is 1. The van der Waals surface area contributed by atoms with Gasteiger partial charge in [0.05, 0.1) is 18.6 Å². The molecule has 0 bridgehead atoms. The molecule has 0 aromatic heterocycles. The average molecular weight is 241 g/mol. The molecule has 0 aromatic rings. The van der Waals surface area contributed by atoms with Crippen LogP contribution in [0, 0.1) is 5.92 Å². The molecular formula is C12H19NO4. The second-order valence-corrected chi connectivity index (χ2v) is 4.98. The second kappa shape index (κ2) is 4.23. The van der Waals surface area contributed by atoms with Crippen molar-refractivity contribution in [2.45, 2.75) is 51.4 Å². The lowest BCUT2D eigenvalue weighted by molar-refractivity contribution is -0.297. The molecule has 3 aliphatic rings. The summed E-state index contributed by atoms with van der Waals surface area (Å²) >= 11 is 0. The van der Waals surface area contributed by atoms with Crippen molar-refractivity contribution in [1.82, 2.24) is 4.90 Å². The first-order valence-corrected chi connectivity index (χ1v) is 6.43. The van der Waals surface area contributed by atoms with Crippen molar-refractivity contribution in [3.8, 4) is 0 Å². The van der Waals surface area contributed by atoms with Crippen LogP contribution in [-0.4, -0.2) is 48.7 Å². The summed E-state index contributed by atoms with van der Waals surface area (Å²) in [4.78, 5) is 13.4. The molecule has 0 unspecified atom stereocenters. The van der Waals surface area contributed by atoms with Gasteiger partial charge in [-0.05, 0) is 20.3 Å². The molecule has 0 aromatic carbocycles. The van der Waals surface area contributed by atoms with Crippen LogP contribution < -0.4 is 0 Å². The molecule has 0 radical (unpaired) electrons. The number of β-lactam (4-membered cyclic amide) rings is 1. The fourth-order valence-corrected chi connectivity index (χ4v) is 2.92. The standard InChI is InChI=1S/C12H19NO4/c1-3-15-10-5-4-8-9(16-10)6-13-11(14)7(2)12(13)17-8/h7-10,12H,3-6H2,1-2H3/t7-,8-,9+,10+,12-/m0/s1. The van der Waals surface area contributed by atoms with Crippen molar-refractivity contribution in [3.63, 3.8) is 0 Å². The monoisotopic (exact) mass is 241 g/mol. The van der Waals surface area contributed by atoms with Crippen molar-refractivity contribution in [2.75, 3.05) is 13.2 Å². The normalized spacial score (nSPS) is 44.9. The summed E-state index contributed by atoms with van der Waals surface area (Å²) in [6.07, 6.45) is 1.80. The molecule has 3 fully saturated rings. The van der Waals surface area contributed by atoms with Crippen LogP contribution in [0.3, 0.4) is 0 Å². The molecule has 0 spiro atoms. The molecule has 1 amide bonds. The molecule has 96 valence electrons. The maximum absolute atomic E-state index is 11.6. The number of ether oxygens (including phenoxy) is 3. The van der Waals surface area contributed by atoms with E-state index in [-0.39, 0.29) is 36.6 Å². The van der Waals surface area contributed by atoms with Crippen molar-refractivity contribution in [3.05, 3.63) is 0 Å². The first-order valence-electron chi connectivity index (χ1n) is 6.43. The Balaban J connectivity index is 1.63. The van der Waals surface area contributed by atoms with Gasteiger partial charge in [0.1, 0.15) is 12.3 Å². The highest BCUT2D eigenvalue weighted by Gasteiger charge is 2.53. The van der Waals surface area contributed by atoms with Crippen LogP contribution in [0.15, 0.2) is 0 Å². The number of amides is 1. The summed E-state index contributed by atoms with van der Waals surface area (Å²) in [5.41, 5.74) is 0. The van der Waals surface area contributed by atoms with Gasteiger partial charge in [0.15, 0.2) is 6.29 Å². The maximum atomic E-state index is 11.6. The highest BCUT2D eigenvalue weighted by atomic mass is 16.7. The lowest BCUT2D eigenvalue weighted by atomic mass is 9.92. The van der Waals surface area contributed by atoms with E-state index in [9.17, 15) is 4.79 Å². The zero-order chi connectivity index (χ0) is 12.0. The van der Waals surface area contributed by atoms with Crippen LogP contribution in [0.2, 0.25) is 0 Å². The predicted octanol–water partition coefficient (Wildman–Crippen LogP) is 0.731. The summed E-state index contributed by atoms with van der Waals surface area (Å²) in [5, 5.41) is 0. The van der Waals surface area contributed by atoms with Crippen LogP contribution in [0.1, 0.15) is 26.7 Å². The average Bonchev–Trinajstić information content (AvgIpc) is 2.36. The van der Waals surface area contributed by atoms with E-state index in [1.807, 2.05) is 13.8 Å². The summed E-state index contributed by atoms with van der Waals surface area (Å²) in [6, 6.07) is 0. The van der Waals surface area contributed by atoms with E-state index >= 15 is 0 Å². The molecule has 3 saturated heterocycles. The first-order chi connectivity index (χ1) is 8.20. The minimum absolute atomic E-state index is 0.0144. The van der Waals surface area contributed by atoms with Crippen LogP contribution in [0.4, 0.5) is 0 Å². The number of nitrogens with zero attached hydrogens (tertiary/aromatic N) is 1. The smallest absolute Gasteiger partial charge is 0.232 e. The molecule has 3 rings (SSSR count). The molecule has 3 heterocycles. The molecule has 0 aliphatic carbocycles. The van der Waals surface area contributed by atoms with Gasteiger partial charge in [-0.15, -0.1) is 0 Å². The maximum Gasteiger partial charge on any atom is 0.232 e. The molecular weight excluding hydrogens is 222 g/mol. The van der Waals surface area contributed by atoms with Crippen LogP contribution in [0.25, 0.3) is 0 Å². The Hall–Kier alpha value is -0.650. The minimum atomic E-state index is -0.129. The Labute approximate surface area is 101 Å². The molecule has 5 heteroatoms. The summed E-state index contributed by atoms with van der Waals surface area (Å²) < 4.78 is 17.2. The van der Waals surface area contributed by atoms with Gasteiger partial charge in [0.25, 0.3) is 0 Å². The summed E-state index contributed by atoms with van der Waals surface area (Å²) in [5.74, 6) is 0.191. The second-order valence-electron chi connectivity index (χ2n) is 4.98. The number of hydrogen-bond acceptors (Lipinski definition) is 4. The fraction of sp³-hybridized carbons (Fsp3) is 0.917. The Morgan fingerprint density at radius 1 is 1.35 bits per heavy atom. The Kier molecular flexibility index (Phi) is 2.84. The van der Waals surface area contributed by atoms with Crippen LogP contribution >= 0.6 is 0 Å². The van der Waals surface area contributed by atoms with Crippen molar-refractivity contribution < 1.29 is 19.0 Å². The van der Waals surface area contributed by atoms with E-state index in [2.05, 4.69) is 0 Å². The largest absolute Gasteiger partial charge is 0.353 e. The van der Waals surface area contributed by atoms with Gasteiger partial charge in [-0.2, -0.15) is 0 Å². The Morgan fingerprint density at radius 2 is 2.18 bits per heavy atom. The van der Waals surface area contributed by atoms with Crippen molar-refractivity contribution >= 4 is 5.91 Å². The number of hydrogen-bond donors (Lipinski definition) is 0.